The normalized spacial score (nSPS) is 10.3. The summed E-state index contributed by atoms with van der Waals surface area (Å²) in [6, 6.07) is 14.2. The van der Waals surface area contributed by atoms with Crippen molar-refractivity contribution in [3.05, 3.63) is 58.0 Å². The Hall–Kier alpha value is -3.31. The summed E-state index contributed by atoms with van der Waals surface area (Å²) in [6.45, 7) is 1.31. The van der Waals surface area contributed by atoms with Crippen LogP contribution in [0.5, 0.6) is 11.5 Å². The molecule has 2 N–H and O–H groups in total. The number of hydrogen-bond donors (Lipinski definition) is 2. The number of ether oxygens (including phenoxy) is 2. The van der Waals surface area contributed by atoms with Crippen molar-refractivity contribution >= 4 is 55.9 Å². The third-order valence-corrected chi connectivity index (χ3v) is 5.16. The minimum absolute atomic E-state index is 0.0844. The second kappa shape index (κ2) is 11.3. The third kappa shape index (κ3) is 7.75. The minimum Gasteiger partial charge on any atom is -0.457 e. The van der Waals surface area contributed by atoms with Gasteiger partial charge < -0.3 is 20.1 Å². The van der Waals surface area contributed by atoms with Gasteiger partial charge in [-0.05, 0) is 55.5 Å². The molecule has 166 valence electrons. The number of amides is 2. The number of nitrogens with one attached hydrogen (secondary N) is 2. The molecule has 2 aromatic carbocycles. The second-order valence-corrected chi connectivity index (χ2v) is 8.56. The van der Waals surface area contributed by atoms with Gasteiger partial charge in [-0.3, -0.25) is 14.4 Å². The summed E-state index contributed by atoms with van der Waals surface area (Å²) in [5.41, 5.74) is 0.529. The predicted molar refractivity (Wildman–Crippen MR) is 123 cm³/mol. The van der Waals surface area contributed by atoms with Crippen LogP contribution in [0, 0.1) is 6.92 Å². The molecule has 0 spiro atoms. The fraction of sp³-hybridized carbons (Fsp3) is 0.190. The van der Waals surface area contributed by atoms with Crippen molar-refractivity contribution in [2.24, 2.45) is 0 Å². The summed E-state index contributed by atoms with van der Waals surface area (Å²) in [5.74, 6) is -0.230. The second-order valence-electron chi connectivity index (χ2n) is 6.46. The molecule has 0 fully saturated rings. The van der Waals surface area contributed by atoms with Gasteiger partial charge in [-0.1, -0.05) is 27.3 Å². The molecule has 3 aromatic rings. The number of rotatable bonds is 9. The Morgan fingerprint density at radius 2 is 1.56 bits per heavy atom. The highest BCUT2D eigenvalue weighted by Crippen LogP contribution is 2.24. The Morgan fingerprint density at radius 3 is 2.19 bits per heavy atom. The maximum atomic E-state index is 12.0. The lowest BCUT2D eigenvalue weighted by atomic mass is 10.3. The van der Waals surface area contributed by atoms with Gasteiger partial charge in [0.25, 0.3) is 5.91 Å². The Kier molecular flexibility index (Phi) is 8.28. The van der Waals surface area contributed by atoms with Gasteiger partial charge in [0, 0.05) is 16.6 Å². The molecule has 1 heterocycles. The first-order chi connectivity index (χ1) is 15.4. The Morgan fingerprint density at radius 1 is 0.906 bits per heavy atom. The number of halogens is 1. The van der Waals surface area contributed by atoms with E-state index in [9.17, 15) is 14.4 Å². The fourth-order valence-electron chi connectivity index (χ4n) is 2.40. The number of carbonyl (C=O) groups excluding carboxylic acids is 3. The van der Waals surface area contributed by atoms with E-state index < -0.39 is 18.5 Å². The van der Waals surface area contributed by atoms with E-state index in [4.69, 9.17) is 9.47 Å². The molecule has 11 heteroatoms. The molecule has 0 aliphatic rings. The lowest BCUT2D eigenvalue weighted by Gasteiger charge is -2.09. The van der Waals surface area contributed by atoms with Crippen LogP contribution in [-0.2, 0) is 19.1 Å². The number of aryl methyl sites for hydroxylation is 1. The highest BCUT2D eigenvalue weighted by atomic mass is 79.9. The number of anilines is 2. The van der Waals surface area contributed by atoms with Crippen LogP contribution in [0.3, 0.4) is 0 Å². The molecule has 0 radical (unpaired) electrons. The van der Waals surface area contributed by atoms with Gasteiger partial charge in [0.2, 0.25) is 11.0 Å². The van der Waals surface area contributed by atoms with Gasteiger partial charge in [-0.15, -0.1) is 10.2 Å². The van der Waals surface area contributed by atoms with E-state index in [1.807, 2.05) is 24.3 Å². The summed E-state index contributed by atoms with van der Waals surface area (Å²) in [7, 11) is 0. The van der Waals surface area contributed by atoms with E-state index in [0.717, 1.165) is 9.48 Å². The number of esters is 1. The molecule has 0 aliphatic carbocycles. The molecule has 0 unspecified atom stereocenters. The van der Waals surface area contributed by atoms with Gasteiger partial charge in [0.1, 0.15) is 16.5 Å². The summed E-state index contributed by atoms with van der Waals surface area (Å²) in [4.78, 5) is 35.6. The molecule has 0 bridgehead atoms. The first-order valence-corrected chi connectivity index (χ1v) is 11.1. The van der Waals surface area contributed by atoms with Crippen molar-refractivity contribution in [2.75, 3.05) is 17.2 Å². The van der Waals surface area contributed by atoms with Crippen molar-refractivity contribution < 1.29 is 23.9 Å². The zero-order valence-corrected chi connectivity index (χ0v) is 19.4. The van der Waals surface area contributed by atoms with E-state index in [2.05, 4.69) is 36.8 Å². The average Bonchev–Trinajstić information content (AvgIpc) is 3.18. The third-order valence-electron chi connectivity index (χ3n) is 3.88. The van der Waals surface area contributed by atoms with Gasteiger partial charge in [0.15, 0.2) is 6.61 Å². The average molecular weight is 519 g/mol. The van der Waals surface area contributed by atoms with Crippen molar-refractivity contribution in [2.45, 2.75) is 19.8 Å². The summed E-state index contributed by atoms with van der Waals surface area (Å²) in [6.07, 6.45) is -0.238. The Labute approximate surface area is 196 Å². The molecule has 2 amide bonds. The highest BCUT2D eigenvalue weighted by Gasteiger charge is 2.12. The molecular formula is C21H19BrN4O5S. The molecular weight excluding hydrogens is 500 g/mol. The van der Waals surface area contributed by atoms with Gasteiger partial charge in [-0.25, -0.2) is 0 Å². The largest absolute Gasteiger partial charge is 0.457 e. The molecule has 9 nitrogen and oxygen atoms in total. The van der Waals surface area contributed by atoms with Gasteiger partial charge >= 0.3 is 5.97 Å². The Bertz CT molecular complexity index is 1090. The van der Waals surface area contributed by atoms with Crippen LogP contribution < -0.4 is 15.4 Å². The van der Waals surface area contributed by atoms with Crippen LogP contribution in [0.4, 0.5) is 10.8 Å². The highest BCUT2D eigenvalue weighted by molar-refractivity contribution is 9.10. The standard InChI is InChI=1S/C21H19BrN4O5S/c1-13-25-26-21(32-13)24-18(27)10-11-20(29)30-12-19(28)23-15-4-8-17(9-5-15)31-16-6-2-14(22)3-7-16/h2-9H,10-12H2,1H3,(H,23,28)(H,24,26,27). The van der Waals surface area contributed by atoms with E-state index in [-0.39, 0.29) is 18.7 Å². The summed E-state index contributed by atoms with van der Waals surface area (Å²) in [5, 5.41) is 13.8. The molecule has 1 aromatic heterocycles. The Balaban J connectivity index is 1.36. The number of aromatic nitrogens is 2. The zero-order chi connectivity index (χ0) is 22.9. The lowest BCUT2D eigenvalue weighted by molar-refractivity contribution is -0.147. The van der Waals surface area contributed by atoms with Crippen LogP contribution in [0.2, 0.25) is 0 Å². The summed E-state index contributed by atoms with van der Waals surface area (Å²) < 4.78 is 11.6. The van der Waals surface area contributed by atoms with Crippen molar-refractivity contribution in [3.63, 3.8) is 0 Å². The first-order valence-electron chi connectivity index (χ1n) is 9.46. The first kappa shape index (κ1) is 23.4. The maximum Gasteiger partial charge on any atom is 0.306 e. The van der Waals surface area contributed by atoms with Crippen LogP contribution in [0.1, 0.15) is 17.8 Å². The number of benzene rings is 2. The van der Waals surface area contributed by atoms with Crippen LogP contribution in [0.15, 0.2) is 53.0 Å². The van der Waals surface area contributed by atoms with Crippen LogP contribution in [0.25, 0.3) is 0 Å². The molecule has 0 saturated carbocycles. The van der Waals surface area contributed by atoms with E-state index in [0.29, 0.717) is 22.3 Å². The SMILES string of the molecule is Cc1nnc(NC(=O)CCC(=O)OCC(=O)Nc2ccc(Oc3ccc(Br)cc3)cc2)s1. The molecule has 0 atom stereocenters. The van der Waals surface area contributed by atoms with E-state index in [1.165, 1.54) is 11.3 Å². The topological polar surface area (TPSA) is 120 Å². The summed E-state index contributed by atoms with van der Waals surface area (Å²) >= 11 is 4.60. The maximum absolute atomic E-state index is 12.0. The molecule has 3 rings (SSSR count). The quantitative estimate of drug-likeness (QED) is 0.405. The van der Waals surface area contributed by atoms with Crippen molar-refractivity contribution in [3.8, 4) is 11.5 Å². The minimum atomic E-state index is -0.651. The predicted octanol–water partition coefficient (Wildman–Crippen LogP) is 4.30. The number of carbonyl (C=O) groups is 3. The fourth-order valence-corrected chi connectivity index (χ4v) is 3.28. The van der Waals surface area contributed by atoms with E-state index in [1.54, 1.807) is 31.2 Å². The molecule has 32 heavy (non-hydrogen) atoms. The lowest BCUT2D eigenvalue weighted by Crippen LogP contribution is -2.21. The molecule has 0 aliphatic heterocycles. The van der Waals surface area contributed by atoms with Gasteiger partial charge in [-0.2, -0.15) is 0 Å². The number of nitrogens with zero attached hydrogens (tertiary/aromatic N) is 2. The smallest absolute Gasteiger partial charge is 0.306 e. The van der Waals surface area contributed by atoms with Crippen LogP contribution in [-0.4, -0.2) is 34.6 Å². The van der Waals surface area contributed by atoms with E-state index >= 15 is 0 Å². The zero-order valence-electron chi connectivity index (χ0n) is 17.0. The van der Waals surface area contributed by atoms with Gasteiger partial charge in [0.05, 0.1) is 6.42 Å². The monoisotopic (exact) mass is 518 g/mol. The van der Waals surface area contributed by atoms with Crippen molar-refractivity contribution in [1.29, 1.82) is 0 Å². The van der Waals surface area contributed by atoms with Crippen LogP contribution >= 0.6 is 27.3 Å². The number of hydrogen-bond acceptors (Lipinski definition) is 8. The molecule has 0 saturated heterocycles. The van der Waals surface area contributed by atoms with Crippen molar-refractivity contribution in [1.82, 2.24) is 10.2 Å².